The Morgan fingerprint density at radius 1 is 1.07 bits per heavy atom. The van der Waals surface area contributed by atoms with Gasteiger partial charge in [-0.1, -0.05) is 28.1 Å². The number of ether oxygens (including phenoxy) is 2. The maximum atomic E-state index is 12.1. The van der Waals surface area contributed by atoms with Crippen molar-refractivity contribution in [1.82, 2.24) is 14.1 Å². The quantitative estimate of drug-likeness (QED) is 0.554. The van der Waals surface area contributed by atoms with Crippen LogP contribution >= 0.6 is 15.9 Å². The first-order valence-electron chi connectivity index (χ1n) is 8.95. The Morgan fingerprint density at radius 2 is 1.71 bits per heavy atom. The molecule has 6 nitrogen and oxygen atoms in total. The molecule has 7 heteroatoms. The molecule has 0 saturated carbocycles. The van der Waals surface area contributed by atoms with Gasteiger partial charge in [-0.2, -0.15) is 0 Å². The van der Waals surface area contributed by atoms with E-state index in [2.05, 4.69) is 20.5 Å². The summed E-state index contributed by atoms with van der Waals surface area (Å²) in [5.74, 6) is 0.774. The smallest absolute Gasteiger partial charge is 0.253 e. The zero-order chi connectivity index (χ0) is 20.3. The predicted molar refractivity (Wildman–Crippen MR) is 114 cm³/mol. The van der Waals surface area contributed by atoms with Gasteiger partial charge in [0.1, 0.15) is 5.82 Å². The average molecular weight is 446 g/mol. The van der Waals surface area contributed by atoms with Gasteiger partial charge in [0.2, 0.25) is 0 Å². The Kier molecular flexibility index (Phi) is 6.49. The van der Waals surface area contributed by atoms with Gasteiger partial charge in [0.05, 0.1) is 24.9 Å². The number of hydrogen-bond donors (Lipinski definition) is 0. The number of halogens is 1. The average Bonchev–Trinajstić information content (AvgIpc) is 3.11. The Bertz CT molecular complexity index is 976. The van der Waals surface area contributed by atoms with Crippen molar-refractivity contribution >= 4 is 15.9 Å². The Hall–Kier alpha value is -2.22. The minimum absolute atomic E-state index is 0.0136. The van der Waals surface area contributed by atoms with Crippen LogP contribution in [0.25, 0.3) is 22.6 Å². The van der Waals surface area contributed by atoms with Crippen LogP contribution in [0.5, 0.6) is 0 Å². The second-order valence-corrected chi connectivity index (χ2v) is 7.67. The number of imidazole rings is 1. The molecule has 2 aromatic heterocycles. The molecular weight excluding hydrogens is 422 g/mol. The fourth-order valence-electron chi connectivity index (χ4n) is 3.24. The molecule has 0 bridgehead atoms. The Labute approximate surface area is 172 Å². The first-order valence-corrected chi connectivity index (χ1v) is 9.74. The molecule has 148 valence electrons. The van der Waals surface area contributed by atoms with E-state index in [1.54, 1.807) is 25.8 Å². The third-order valence-corrected chi connectivity index (χ3v) is 5.13. The molecule has 0 aliphatic carbocycles. The van der Waals surface area contributed by atoms with Crippen molar-refractivity contribution in [3.63, 3.8) is 0 Å². The van der Waals surface area contributed by atoms with E-state index in [9.17, 15) is 4.79 Å². The maximum Gasteiger partial charge on any atom is 0.253 e. The molecule has 0 amide bonds. The summed E-state index contributed by atoms with van der Waals surface area (Å²) in [6.45, 7) is 2.79. The van der Waals surface area contributed by atoms with Gasteiger partial charge < -0.3 is 18.6 Å². The van der Waals surface area contributed by atoms with Crippen LogP contribution in [0, 0.1) is 6.92 Å². The highest BCUT2D eigenvalue weighted by molar-refractivity contribution is 9.10. The highest BCUT2D eigenvalue weighted by Gasteiger charge is 2.20. The summed E-state index contributed by atoms with van der Waals surface area (Å²) in [7, 11) is 5.10. The molecule has 3 aromatic rings. The number of nitrogens with zero attached hydrogens (tertiary/aromatic N) is 3. The lowest BCUT2D eigenvalue weighted by atomic mass is 10.2. The van der Waals surface area contributed by atoms with Crippen molar-refractivity contribution in [2.24, 2.45) is 7.05 Å². The summed E-state index contributed by atoms with van der Waals surface area (Å²) in [6, 6.07) is 9.86. The van der Waals surface area contributed by atoms with E-state index in [0.29, 0.717) is 18.8 Å². The van der Waals surface area contributed by atoms with Gasteiger partial charge in [0.15, 0.2) is 0 Å². The van der Waals surface area contributed by atoms with Crippen LogP contribution < -0.4 is 5.56 Å². The van der Waals surface area contributed by atoms with Gasteiger partial charge in [-0.25, -0.2) is 4.98 Å². The molecule has 0 unspecified atom stereocenters. The fourth-order valence-corrected chi connectivity index (χ4v) is 3.50. The monoisotopic (exact) mass is 445 g/mol. The third kappa shape index (κ3) is 4.27. The molecule has 28 heavy (non-hydrogen) atoms. The topological polar surface area (TPSA) is 58.3 Å². The predicted octanol–water partition coefficient (Wildman–Crippen LogP) is 3.82. The summed E-state index contributed by atoms with van der Waals surface area (Å²) in [6.07, 6.45) is 3.83. The lowest BCUT2D eigenvalue weighted by Gasteiger charge is -2.19. The molecule has 3 rings (SSSR count). The van der Waals surface area contributed by atoms with Crippen LogP contribution in [0.15, 0.2) is 52.0 Å². The zero-order valence-corrected chi connectivity index (χ0v) is 18.1. The second kappa shape index (κ2) is 8.86. The van der Waals surface area contributed by atoms with Crippen LogP contribution in [0.3, 0.4) is 0 Å². The summed E-state index contributed by atoms with van der Waals surface area (Å²) in [4.78, 5) is 17.0. The molecule has 1 aromatic carbocycles. The van der Waals surface area contributed by atoms with E-state index in [1.165, 1.54) is 0 Å². The SMILES string of the molecule is COCC(COC)n1cc(-c2ccc(Br)cc2)nc1-c1cc(C)c(=O)n(C)c1. The van der Waals surface area contributed by atoms with Gasteiger partial charge >= 0.3 is 0 Å². The largest absolute Gasteiger partial charge is 0.382 e. The van der Waals surface area contributed by atoms with Gasteiger partial charge in [-0.15, -0.1) is 0 Å². The minimum atomic E-state index is -0.0424. The minimum Gasteiger partial charge on any atom is -0.382 e. The lowest BCUT2D eigenvalue weighted by molar-refractivity contribution is 0.0901. The highest BCUT2D eigenvalue weighted by atomic mass is 79.9. The normalized spacial score (nSPS) is 11.4. The Balaban J connectivity index is 2.18. The van der Waals surface area contributed by atoms with E-state index < -0.39 is 0 Å². The van der Waals surface area contributed by atoms with Crippen LogP contribution in [0.4, 0.5) is 0 Å². The summed E-state index contributed by atoms with van der Waals surface area (Å²) < 4.78 is 15.5. The number of rotatable bonds is 7. The fraction of sp³-hybridized carbons (Fsp3) is 0.333. The number of hydrogen-bond acceptors (Lipinski definition) is 4. The van der Waals surface area contributed by atoms with Crippen molar-refractivity contribution in [2.45, 2.75) is 13.0 Å². The number of aromatic nitrogens is 3. The van der Waals surface area contributed by atoms with Gasteiger partial charge in [0, 0.05) is 54.8 Å². The van der Waals surface area contributed by atoms with Crippen molar-refractivity contribution < 1.29 is 9.47 Å². The standard InChI is InChI=1S/C21H24BrN3O3/c1-14-9-16(10-24(2)21(14)26)20-23-19(15-5-7-17(22)8-6-15)11-25(20)18(12-27-3)13-28-4/h5-11,18H,12-13H2,1-4H3. The molecule has 0 spiro atoms. The van der Waals surface area contributed by atoms with E-state index in [1.807, 2.05) is 49.6 Å². The van der Waals surface area contributed by atoms with Crippen molar-refractivity contribution in [1.29, 1.82) is 0 Å². The summed E-state index contributed by atoms with van der Waals surface area (Å²) in [5, 5.41) is 0. The molecule has 0 saturated heterocycles. The molecule has 0 atom stereocenters. The molecule has 0 N–H and O–H groups in total. The summed E-state index contributed by atoms with van der Waals surface area (Å²) in [5.41, 5.74) is 3.40. The van der Waals surface area contributed by atoms with E-state index in [4.69, 9.17) is 14.5 Å². The number of aryl methyl sites for hydroxylation is 2. The Morgan fingerprint density at radius 3 is 2.29 bits per heavy atom. The molecule has 0 aliphatic heterocycles. The molecular formula is C21H24BrN3O3. The van der Waals surface area contributed by atoms with Crippen molar-refractivity contribution in [2.75, 3.05) is 27.4 Å². The van der Waals surface area contributed by atoms with Crippen molar-refractivity contribution in [3.8, 4) is 22.6 Å². The van der Waals surface area contributed by atoms with Gasteiger partial charge in [0.25, 0.3) is 5.56 Å². The third-order valence-electron chi connectivity index (χ3n) is 4.60. The number of methoxy groups -OCH3 is 2. The maximum absolute atomic E-state index is 12.1. The van der Waals surface area contributed by atoms with E-state index in [0.717, 1.165) is 27.1 Å². The van der Waals surface area contributed by atoms with E-state index >= 15 is 0 Å². The summed E-state index contributed by atoms with van der Waals surface area (Å²) >= 11 is 3.47. The van der Waals surface area contributed by atoms with Crippen LogP contribution in [0.2, 0.25) is 0 Å². The van der Waals surface area contributed by atoms with Crippen LogP contribution in [-0.2, 0) is 16.5 Å². The highest BCUT2D eigenvalue weighted by Crippen LogP contribution is 2.29. The second-order valence-electron chi connectivity index (χ2n) is 6.76. The first kappa shape index (κ1) is 20.5. The molecule has 0 aliphatic rings. The van der Waals surface area contributed by atoms with Crippen LogP contribution in [0.1, 0.15) is 11.6 Å². The number of benzene rings is 1. The van der Waals surface area contributed by atoms with E-state index in [-0.39, 0.29) is 11.6 Å². The first-order chi connectivity index (χ1) is 13.4. The number of pyridine rings is 1. The van der Waals surface area contributed by atoms with Gasteiger partial charge in [-0.3, -0.25) is 4.79 Å². The van der Waals surface area contributed by atoms with Gasteiger partial charge in [-0.05, 0) is 25.1 Å². The van der Waals surface area contributed by atoms with Crippen LogP contribution in [-0.4, -0.2) is 41.6 Å². The lowest BCUT2D eigenvalue weighted by Crippen LogP contribution is -2.21. The molecule has 2 heterocycles. The zero-order valence-electron chi connectivity index (χ0n) is 16.5. The molecule has 0 fully saturated rings. The molecule has 0 radical (unpaired) electrons. The van der Waals surface area contributed by atoms with Crippen molar-refractivity contribution in [3.05, 3.63) is 63.1 Å².